The van der Waals surface area contributed by atoms with Crippen LogP contribution in [0.15, 0.2) is 47.1 Å². The van der Waals surface area contributed by atoms with Gasteiger partial charge in [-0.1, -0.05) is 6.07 Å². The number of benzene rings is 1. The van der Waals surface area contributed by atoms with Crippen LogP contribution in [0.4, 0.5) is 5.69 Å². The Hall–Kier alpha value is -1.59. The maximum absolute atomic E-state index is 10.7. The van der Waals surface area contributed by atoms with Gasteiger partial charge in [-0.3, -0.25) is 4.70 Å². The van der Waals surface area contributed by atoms with E-state index in [2.05, 4.69) is 0 Å². The first kappa shape index (κ1) is 13.4. The summed E-state index contributed by atoms with van der Waals surface area (Å²) in [5, 5.41) is -0.0762. The predicted octanol–water partition coefficient (Wildman–Crippen LogP) is 3.58. The van der Waals surface area contributed by atoms with Gasteiger partial charge >= 0.3 is 0 Å². The molecule has 5 heteroatoms. The zero-order valence-electron chi connectivity index (χ0n) is 11.7. The van der Waals surface area contributed by atoms with Gasteiger partial charge in [0, 0.05) is 19.3 Å². The molecule has 0 amide bonds. The van der Waals surface area contributed by atoms with Crippen molar-refractivity contribution in [2.75, 3.05) is 14.2 Å². The van der Waals surface area contributed by atoms with Gasteiger partial charge in [0.2, 0.25) is 5.69 Å². The summed E-state index contributed by atoms with van der Waals surface area (Å²) in [5.41, 5.74) is 11.6. The van der Waals surface area contributed by atoms with Crippen LogP contribution in [0.25, 0.3) is 5.53 Å². The van der Waals surface area contributed by atoms with Crippen LogP contribution in [0.2, 0.25) is 0 Å². The Bertz CT molecular complexity index is 639. The Labute approximate surface area is 122 Å². The molecule has 3 rings (SSSR count). The van der Waals surface area contributed by atoms with Crippen molar-refractivity contribution in [1.29, 1.82) is 0 Å². The number of hydrogen-bond acceptors (Lipinski definition) is 3. The summed E-state index contributed by atoms with van der Waals surface area (Å²) in [5.74, 6) is 0.777. The maximum atomic E-state index is 10.7. The molecule has 1 aliphatic heterocycles. The van der Waals surface area contributed by atoms with E-state index >= 15 is 0 Å². The number of rotatable bonds is 2. The Morgan fingerprint density at radius 1 is 1.35 bits per heavy atom. The third kappa shape index (κ3) is 1.81. The van der Waals surface area contributed by atoms with E-state index in [4.69, 9.17) is 9.47 Å². The highest BCUT2D eigenvalue weighted by Gasteiger charge is 2.51. The van der Waals surface area contributed by atoms with E-state index in [9.17, 15) is 5.53 Å². The molecule has 0 fully saturated rings. The topological polar surface area (TPSA) is 43.8 Å². The molecule has 1 aromatic carbocycles. The molecule has 0 bridgehead atoms. The van der Waals surface area contributed by atoms with Crippen molar-refractivity contribution < 1.29 is 14.2 Å². The van der Waals surface area contributed by atoms with E-state index in [-0.39, 0.29) is 5.25 Å². The number of aryl methyl sites for hydroxylation is 1. The molecular weight excluding hydrogens is 272 g/mol. The molecule has 4 nitrogen and oxygen atoms in total. The summed E-state index contributed by atoms with van der Waals surface area (Å²) in [6, 6.07) is 6.03. The molecule has 1 aromatic rings. The van der Waals surface area contributed by atoms with Crippen LogP contribution in [0.1, 0.15) is 5.56 Å². The maximum Gasteiger partial charge on any atom is 0.298 e. The lowest BCUT2D eigenvalue weighted by Gasteiger charge is -2.39. The Morgan fingerprint density at radius 2 is 2.15 bits per heavy atom. The van der Waals surface area contributed by atoms with E-state index in [1.54, 1.807) is 26.0 Å². The molecule has 104 valence electrons. The molecule has 0 saturated heterocycles. The highest BCUT2D eigenvalue weighted by molar-refractivity contribution is 8.00. The fourth-order valence-corrected chi connectivity index (χ4v) is 3.89. The zero-order chi connectivity index (χ0) is 14.3. The van der Waals surface area contributed by atoms with Crippen LogP contribution >= 0.6 is 11.8 Å². The lowest BCUT2D eigenvalue weighted by Crippen LogP contribution is -2.50. The average molecular weight is 288 g/mol. The van der Waals surface area contributed by atoms with Gasteiger partial charge in [-0.2, -0.15) is 0 Å². The van der Waals surface area contributed by atoms with Crippen molar-refractivity contribution in [3.8, 4) is 0 Å². The van der Waals surface area contributed by atoms with Gasteiger partial charge in [0.25, 0.3) is 5.72 Å². The Balaban J connectivity index is 2.14. The largest absolute Gasteiger partial charge is 0.497 e. The molecule has 0 aromatic heterocycles. The minimum atomic E-state index is -0.895. The van der Waals surface area contributed by atoms with E-state index in [1.165, 1.54) is 4.70 Å². The quantitative estimate of drug-likeness (QED) is 0.781. The van der Waals surface area contributed by atoms with E-state index in [0.717, 1.165) is 21.9 Å². The number of hydrogen-bond donors (Lipinski definition) is 0. The van der Waals surface area contributed by atoms with Crippen LogP contribution in [0, 0.1) is 6.92 Å². The van der Waals surface area contributed by atoms with Gasteiger partial charge in [-0.05, 0) is 30.7 Å². The lowest BCUT2D eigenvalue weighted by atomic mass is 10.0. The first-order valence-corrected chi connectivity index (χ1v) is 7.25. The second-order valence-corrected chi connectivity index (χ2v) is 6.07. The van der Waals surface area contributed by atoms with E-state index in [1.807, 2.05) is 43.4 Å². The van der Waals surface area contributed by atoms with E-state index in [0.29, 0.717) is 0 Å². The summed E-state index contributed by atoms with van der Waals surface area (Å²) in [4.78, 5) is 1.03. The molecule has 2 atom stereocenters. The number of fused-ring (bicyclic) bond motifs is 2. The van der Waals surface area contributed by atoms with Crippen LogP contribution < -0.4 is 0 Å². The first-order chi connectivity index (χ1) is 9.60. The van der Waals surface area contributed by atoms with Crippen molar-refractivity contribution in [2.45, 2.75) is 22.8 Å². The molecular formula is C15H16N2O2S. The summed E-state index contributed by atoms with van der Waals surface area (Å²) in [6.45, 7) is 2.00. The molecule has 1 aliphatic carbocycles. The molecule has 0 spiro atoms. The second kappa shape index (κ2) is 4.75. The van der Waals surface area contributed by atoms with Crippen LogP contribution in [0.5, 0.6) is 0 Å². The van der Waals surface area contributed by atoms with Crippen molar-refractivity contribution in [2.24, 2.45) is 0 Å². The molecule has 0 N–H and O–H groups in total. The zero-order valence-corrected chi connectivity index (χ0v) is 12.5. The predicted molar refractivity (Wildman–Crippen MR) is 78.1 cm³/mol. The third-order valence-corrected chi connectivity index (χ3v) is 5.03. The van der Waals surface area contributed by atoms with Crippen LogP contribution in [-0.4, -0.2) is 29.9 Å². The summed E-state index contributed by atoms with van der Waals surface area (Å²) in [7, 11) is 3.24. The smallest absolute Gasteiger partial charge is 0.298 e. The molecule has 0 saturated carbocycles. The minimum Gasteiger partial charge on any atom is -0.497 e. The lowest BCUT2D eigenvalue weighted by molar-refractivity contribution is -0.598. The van der Waals surface area contributed by atoms with E-state index < -0.39 is 5.72 Å². The number of ether oxygens (including phenoxy) is 2. The molecule has 2 aliphatic rings. The summed E-state index contributed by atoms with van der Waals surface area (Å²) < 4.78 is 12.1. The Morgan fingerprint density at radius 3 is 2.85 bits per heavy atom. The highest BCUT2D eigenvalue weighted by Crippen LogP contribution is 2.49. The van der Waals surface area contributed by atoms with Gasteiger partial charge in [0.1, 0.15) is 11.0 Å². The number of thioether (sulfide) groups is 1. The van der Waals surface area contributed by atoms with Crippen molar-refractivity contribution in [3.05, 3.63) is 53.3 Å². The number of methoxy groups -OCH3 is 2. The summed E-state index contributed by atoms with van der Waals surface area (Å²) in [6.07, 6.45) is 5.64. The molecule has 1 heterocycles. The molecule has 20 heavy (non-hydrogen) atoms. The minimum absolute atomic E-state index is 0.0762. The molecule has 2 unspecified atom stereocenters. The summed E-state index contributed by atoms with van der Waals surface area (Å²) >= 11 is 1.66. The van der Waals surface area contributed by atoms with Gasteiger partial charge in [-0.25, -0.2) is 0 Å². The van der Waals surface area contributed by atoms with Crippen molar-refractivity contribution in [1.82, 2.24) is 0 Å². The van der Waals surface area contributed by atoms with Crippen molar-refractivity contribution >= 4 is 17.4 Å². The third-order valence-electron chi connectivity index (χ3n) is 3.70. The normalized spacial score (nSPS) is 27.6. The second-order valence-electron chi connectivity index (χ2n) is 4.88. The monoisotopic (exact) mass is 288 g/mol. The van der Waals surface area contributed by atoms with Gasteiger partial charge in [0.05, 0.1) is 12.0 Å². The standard InChI is InChI=1S/C15H16N2O2S/c1-10-4-5-13-12(8-10)17(16)15(19-3)7-6-11(18-2)9-14(15)20-13/h4-9,14H,1-3H3. The van der Waals surface area contributed by atoms with Crippen LogP contribution in [-0.2, 0) is 9.47 Å². The van der Waals surface area contributed by atoms with Gasteiger partial charge in [0.15, 0.2) is 0 Å². The SMILES string of the molecule is COC1=CC2Sc3ccc(C)cc3[N+](=[N-])C2(OC)C=C1. The van der Waals surface area contributed by atoms with Gasteiger partial charge in [-0.15, -0.1) is 11.8 Å². The average Bonchev–Trinajstić information content (AvgIpc) is 2.48. The number of allylic oxidation sites excluding steroid dienone is 1. The van der Waals surface area contributed by atoms with Crippen LogP contribution in [0.3, 0.4) is 0 Å². The highest BCUT2D eigenvalue weighted by atomic mass is 32.2. The Kier molecular flexibility index (Phi) is 3.18. The van der Waals surface area contributed by atoms with Gasteiger partial charge < -0.3 is 15.0 Å². The fourth-order valence-electron chi connectivity index (χ4n) is 2.55. The first-order valence-electron chi connectivity index (χ1n) is 6.37. The fraction of sp³-hybridized carbons (Fsp3) is 0.333. The molecule has 0 radical (unpaired) electrons. The van der Waals surface area contributed by atoms with Crippen molar-refractivity contribution in [3.63, 3.8) is 0 Å². The number of nitrogens with zero attached hydrogens (tertiary/aromatic N) is 2.